The van der Waals surface area contributed by atoms with E-state index in [4.69, 9.17) is 0 Å². The van der Waals surface area contributed by atoms with E-state index in [1.54, 1.807) is 0 Å². The maximum absolute atomic E-state index is 11.5. The third-order valence-corrected chi connectivity index (χ3v) is 2.51. The van der Waals surface area contributed by atoms with E-state index in [2.05, 4.69) is 24.5 Å². The first-order chi connectivity index (χ1) is 5.58. The summed E-state index contributed by atoms with van der Waals surface area (Å²) in [5.74, 6) is 0.139. The number of nitrogens with one attached hydrogen (secondary N) is 2. The maximum Gasteiger partial charge on any atom is 0.237 e. The van der Waals surface area contributed by atoms with Crippen molar-refractivity contribution in [3.63, 3.8) is 0 Å². The van der Waals surface area contributed by atoms with E-state index in [1.165, 1.54) is 0 Å². The zero-order valence-corrected chi connectivity index (χ0v) is 8.11. The van der Waals surface area contributed by atoms with Crippen LogP contribution in [0.1, 0.15) is 27.2 Å². The summed E-state index contributed by atoms with van der Waals surface area (Å²) in [7, 11) is 0. The molecule has 1 unspecified atom stereocenters. The molecule has 0 saturated carbocycles. The van der Waals surface area contributed by atoms with Crippen molar-refractivity contribution in [2.75, 3.05) is 13.1 Å². The summed E-state index contributed by atoms with van der Waals surface area (Å²) >= 11 is 0. The Bertz CT molecular complexity index is 177. The van der Waals surface area contributed by atoms with E-state index in [0.717, 1.165) is 13.0 Å². The van der Waals surface area contributed by atoms with Crippen molar-refractivity contribution in [1.29, 1.82) is 0 Å². The Kier molecular flexibility index (Phi) is 2.73. The predicted molar refractivity (Wildman–Crippen MR) is 48.9 cm³/mol. The van der Waals surface area contributed by atoms with Crippen LogP contribution >= 0.6 is 0 Å². The molecule has 1 aliphatic heterocycles. The zero-order valence-electron chi connectivity index (χ0n) is 8.11. The first kappa shape index (κ1) is 9.52. The summed E-state index contributed by atoms with van der Waals surface area (Å²) < 4.78 is 0. The lowest BCUT2D eigenvalue weighted by molar-refractivity contribution is -0.124. The lowest BCUT2D eigenvalue weighted by Crippen LogP contribution is -2.46. The topological polar surface area (TPSA) is 41.1 Å². The highest BCUT2D eigenvalue weighted by molar-refractivity contribution is 5.82. The molecule has 3 heteroatoms. The van der Waals surface area contributed by atoms with Gasteiger partial charge in [0.1, 0.15) is 0 Å². The quantitative estimate of drug-likeness (QED) is 0.634. The largest absolute Gasteiger partial charge is 0.355 e. The van der Waals surface area contributed by atoms with Gasteiger partial charge in [0.2, 0.25) is 5.91 Å². The molecule has 1 rings (SSSR count). The van der Waals surface area contributed by atoms with E-state index in [1.807, 2.05) is 6.92 Å². The Morgan fingerprint density at radius 2 is 2.33 bits per heavy atom. The minimum atomic E-state index is -0.00236. The van der Waals surface area contributed by atoms with Gasteiger partial charge in [-0.1, -0.05) is 13.8 Å². The minimum Gasteiger partial charge on any atom is -0.355 e. The molecule has 0 aromatic rings. The summed E-state index contributed by atoms with van der Waals surface area (Å²) in [4.78, 5) is 11.5. The summed E-state index contributed by atoms with van der Waals surface area (Å²) in [6.07, 6.45) is 1.08. The molecular formula is C9H18N2O. The van der Waals surface area contributed by atoms with Crippen molar-refractivity contribution in [1.82, 2.24) is 10.6 Å². The molecule has 0 spiro atoms. The van der Waals surface area contributed by atoms with Gasteiger partial charge in [-0.2, -0.15) is 0 Å². The minimum absolute atomic E-state index is 0.00236. The van der Waals surface area contributed by atoms with Crippen LogP contribution in [0, 0.1) is 5.41 Å². The molecule has 1 atom stereocenters. The Hall–Kier alpha value is -0.570. The third kappa shape index (κ3) is 1.78. The highest BCUT2D eigenvalue weighted by Crippen LogP contribution is 2.29. The Morgan fingerprint density at radius 1 is 1.67 bits per heavy atom. The molecular weight excluding hydrogens is 152 g/mol. The van der Waals surface area contributed by atoms with Crippen LogP contribution in [0.4, 0.5) is 0 Å². The van der Waals surface area contributed by atoms with Gasteiger partial charge in [-0.05, 0) is 25.3 Å². The predicted octanol–water partition coefficient (Wildman–Crippen LogP) is 0.511. The van der Waals surface area contributed by atoms with Gasteiger partial charge in [0.25, 0.3) is 0 Å². The van der Waals surface area contributed by atoms with Crippen molar-refractivity contribution < 1.29 is 4.79 Å². The Labute approximate surface area is 73.9 Å². The van der Waals surface area contributed by atoms with Crippen LogP contribution in [0.5, 0.6) is 0 Å². The van der Waals surface area contributed by atoms with Gasteiger partial charge < -0.3 is 10.6 Å². The molecule has 2 N–H and O–H groups in total. The van der Waals surface area contributed by atoms with E-state index < -0.39 is 0 Å². The number of amides is 1. The van der Waals surface area contributed by atoms with Gasteiger partial charge in [-0.25, -0.2) is 0 Å². The van der Waals surface area contributed by atoms with Crippen LogP contribution in [0.25, 0.3) is 0 Å². The molecule has 1 heterocycles. The Morgan fingerprint density at radius 3 is 2.75 bits per heavy atom. The van der Waals surface area contributed by atoms with Gasteiger partial charge in [-0.3, -0.25) is 4.79 Å². The van der Waals surface area contributed by atoms with Gasteiger partial charge in [0, 0.05) is 6.54 Å². The molecule has 3 nitrogen and oxygen atoms in total. The highest BCUT2D eigenvalue weighted by atomic mass is 16.2. The van der Waals surface area contributed by atoms with Crippen molar-refractivity contribution in [3.05, 3.63) is 0 Å². The molecule has 0 aromatic heterocycles. The van der Waals surface area contributed by atoms with Crippen molar-refractivity contribution in [2.24, 2.45) is 5.41 Å². The summed E-state index contributed by atoms with van der Waals surface area (Å²) in [5.41, 5.74) is 0.110. The van der Waals surface area contributed by atoms with E-state index in [-0.39, 0.29) is 17.4 Å². The molecule has 1 saturated heterocycles. The fraction of sp³-hybridized carbons (Fsp3) is 0.889. The molecule has 12 heavy (non-hydrogen) atoms. The van der Waals surface area contributed by atoms with E-state index in [9.17, 15) is 4.79 Å². The fourth-order valence-electron chi connectivity index (χ4n) is 1.68. The van der Waals surface area contributed by atoms with Crippen molar-refractivity contribution in [2.45, 2.75) is 33.2 Å². The van der Waals surface area contributed by atoms with Crippen LogP contribution in [0.3, 0.4) is 0 Å². The molecule has 1 aliphatic rings. The van der Waals surface area contributed by atoms with Crippen molar-refractivity contribution >= 4 is 5.91 Å². The number of carbonyl (C=O) groups excluding carboxylic acids is 1. The Balaban J connectivity index is 2.56. The molecule has 0 aromatic carbocycles. The van der Waals surface area contributed by atoms with E-state index >= 15 is 0 Å². The lowest BCUT2D eigenvalue weighted by Gasteiger charge is -2.24. The third-order valence-electron chi connectivity index (χ3n) is 2.51. The van der Waals surface area contributed by atoms with Gasteiger partial charge >= 0.3 is 0 Å². The fourth-order valence-corrected chi connectivity index (χ4v) is 1.68. The number of carbonyl (C=O) groups is 1. The molecule has 70 valence electrons. The standard InChI is InChI=1S/C9H18N2O/c1-4-10-8(12)7-9(2,3)5-6-11-7/h7,11H,4-6H2,1-3H3,(H,10,12). The van der Waals surface area contributed by atoms with Crippen molar-refractivity contribution in [3.8, 4) is 0 Å². The molecule has 0 radical (unpaired) electrons. The van der Waals surface area contributed by atoms with Crippen LogP contribution in [-0.2, 0) is 4.79 Å². The monoisotopic (exact) mass is 170 g/mol. The summed E-state index contributed by atoms with van der Waals surface area (Å²) in [6.45, 7) is 7.88. The number of hydrogen-bond acceptors (Lipinski definition) is 2. The first-order valence-corrected chi connectivity index (χ1v) is 4.59. The SMILES string of the molecule is CCNC(=O)C1NCCC1(C)C. The highest BCUT2D eigenvalue weighted by Gasteiger charge is 2.38. The molecule has 0 aliphatic carbocycles. The lowest BCUT2D eigenvalue weighted by atomic mass is 9.84. The van der Waals surface area contributed by atoms with Gasteiger partial charge in [-0.15, -0.1) is 0 Å². The first-order valence-electron chi connectivity index (χ1n) is 4.59. The summed E-state index contributed by atoms with van der Waals surface area (Å²) in [5, 5.41) is 6.06. The van der Waals surface area contributed by atoms with Crippen LogP contribution in [0.2, 0.25) is 0 Å². The second-order valence-electron chi connectivity index (χ2n) is 4.02. The smallest absolute Gasteiger partial charge is 0.237 e. The van der Waals surface area contributed by atoms with Crippen LogP contribution in [-0.4, -0.2) is 25.0 Å². The van der Waals surface area contributed by atoms with Gasteiger partial charge in [0.15, 0.2) is 0 Å². The molecule has 0 bridgehead atoms. The normalized spacial score (nSPS) is 27.1. The summed E-state index contributed by atoms with van der Waals surface area (Å²) in [6, 6.07) is -0.00236. The van der Waals surface area contributed by atoms with Crippen LogP contribution < -0.4 is 10.6 Å². The second-order valence-corrected chi connectivity index (χ2v) is 4.02. The average molecular weight is 170 g/mol. The molecule has 1 fully saturated rings. The van der Waals surface area contributed by atoms with Crippen LogP contribution in [0.15, 0.2) is 0 Å². The number of rotatable bonds is 2. The molecule has 1 amide bonds. The van der Waals surface area contributed by atoms with Gasteiger partial charge in [0.05, 0.1) is 6.04 Å². The zero-order chi connectivity index (χ0) is 9.19. The average Bonchev–Trinajstić information content (AvgIpc) is 2.30. The number of hydrogen-bond donors (Lipinski definition) is 2. The maximum atomic E-state index is 11.5. The number of likely N-dealkylation sites (N-methyl/N-ethyl adjacent to an activating group) is 1. The second kappa shape index (κ2) is 3.44. The van der Waals surface area contributed by atoms with E-state index in [0.29, 0.717) is 6.54 Å².